The first-order valence-electron chi connectivity index (χ1n) is 6.09. The third-order valence-corrected chi connectivity index (χ3v) is 3.28. The number of aryl methyl sites for hydroxylation is 1. The second-order valence-electron chi connectivity index (χ2n) is 5.01. The molecule has 1 N–H and O–H groups in total. The average Bonchev–Trinajstić information content (AvgIpc) is 2.97. The lowest BCUT2D eigenvalue weighted by atomic mass is 10.1. The Labute approximate surface area is 97.8 Å². The van der Waals surface area contributed by atoms with Crippen LogP contribution in [0.1, 0.15) is 24.4 Å². The van der Waals surface area contributed by atoms with Crippen LogP contribution in [0.4, 0.5) is 0 Å². The maximum absolute atomic E-state index is 5.53. The van der Waals surface area contributed by atoms with Crippen LogP contribution in [0.25, 0.3) is 0 Å². The Balaban J connectivity index is 1.74. The molecule has 3 nitrogen and oxygen atoms in total. The van der Waals surface area contributed by atoms with E-state index < -0.39 is 0 Å². The van der Waals surface area contributed by atoms with Crippen molar-refractivity contribution in [2.24, 2.45) is 5.92 Å². The minimum atomic E-state index is 0.677. The zero-order valence-electron chi connectivity index (χ0n) is 10.5. The smallest absolute Gasteiger partial charge is 0.117 e. The number of furan rings is 1. The van der Waals surface area contributed by atoms with Gasteiger partial charge in [-0.05, 0) is 51.9 Å². The lowest BCUT2D eigenvalue weighted by Crippen LogP contribution is -2.39. The van der Waals surface area contributed by atoms with Crippen LogP contribution in [0.2, 0.25) is 0 Å². The molecular formula is C13H22N2O. The molecule has 90 valence electrons. The number of hydrogen-bond donors (Lipinski definition) is 1. The summed E-state index contributed by atoms with van der Waals surface area (Å²) in [7, 11) is 4.34. The number of nitrogens with one attached hydrogen (secondary N) is 1. The van der Waals surface area contributed by atoms with Gasteiger partial charge in [0, 0.05) is 12.6 Å². The van der Waals surface area contributed by atoms with Crippen LogP contribution in [-0.4, -0.2) is 31.6 Å². The van der Waals surface area contributed by atoms with Crippen molar-refractivity contribution in [3.05, 3.63) is 23.7 Å². The summed E-state index contributed by atoms with van der Waals surface area (Å²) >= 11 is 0. The second-order valence-corrected chi connectivity index (χ2v) is 5.01. The molecule has 0 saturated heterocycles. The Morgan fingerprint density at radius 2 is 2.19 bits per heavy atom. The quantitative estimate of drug-likeness (QED) is 0.798. The molecule has 0 aliphatic heterocycles. The van der Waals surface area contributed by atoms with E-state index >= 15 is 0 Å². The van der Waals surface area contributed by atoms with Gasteiger partial charge in [0.05, 0.1) is 6.54 Å². The first-order valence-corrected chi connectivity index (χ1v) is 6.09. The Morgan fingerprint density at radius 1 is 1.44 bits per heavy atom. The molecule has 0 amide bonds. The monoisotopic (exact) mass is 222 g/mol. The summed E-state index contributed by atoms with van der Waals surface area (Å²) in [6.07, 6.45) is 2.79. The van der Waals surface area contributed by atoms with Gasteiger partial charge in [0.1, 0.15) is 11.5 Å². The number of rotatable bonds is 6. The van der Waals surface area contributed by atoms with Crippen molar-refractivity contribution in [3.8, 4) is 0 Å². The highest BCUT2D eigenvalue weighted by Crippen LogP contribution is 2.34. The van der Waals surface area contributed by atoms with E-state index in [0.29, 0.717) is 6.04 Å². The summed E-state index contributed by atoms with van der Waals surface area (Å²) in [6, 6.07) is 4.74. The van der Waals surface area contributed by atoms with Gasteiger partial charge in [-0.3, -0.25) is 0 Å². The SMILES string of the molecule is Cc1ccc(CNCC(C2CC2)N(C)C)o1. The molecule has 1 unspecified atom stereocenters. The lowest BCUT2D eigenvalue weighted by molar-refractivity contribution is 0.253. The predicted molar refractivity (Wildman–Crippen MR) is 65.4 cm³/mol. The van der Waals surface area contributed by atoms with Crippen molar-refractivity contribution < 1.29 is 4.42 Å². The summed E-state index contributed by atoms with van der Waals surface area (Å²) in [5, 5.41) is 3.48. The highest BCUT2D eigenvalue weighted by atomic mass is 16.3. The summed E-state index contributed by atoms with van der Waals surface area (Å²) in [4.78, 5) is 2.33. The van der Waals surface area contributed by atoms with E-state index in [4.69, 9.17) is 4.42 Å². The third-order valence-electron chi connectivity index (χ3n) is 3.28. The second kappa shape index (κ2) is 5.02. The predicted octanol–water partition coefficient (Wildman–Crippen LogP) is 2.02. The van der Waals surface area contributed by atoms with Gasteiger partial charge < -0.3 is 14.6 Å². The molecule has 0 radical (unpaired) electrons. The maximum atomic E-state index is 5.53. The highest BCUT2D eigenvalue weighted by Gasteiger charge is 2.32. The summed E-state index contributed by atoms with van der Waals surface area (Å²) in [5.41, 5.74) is 0. The Hall–Kier alpha value is -0.800. The zero-order chi connectivity index (χ0) is 11.5. The molecule has 3 heteroatoms. The average molecular weight is 222 g/mol. The first kappa shape index (κ1) is 11.7. The summed E-state index contributed by atoms with van der Waals surface area (Å²) in [6.45, 7) is 3.87. The minimum absolute atomic E-state index is 0.677. The normalized spacial score (nSPS) is 18.0. The van der Waals surface area contributed by atoms with Gasteiger partial charge in [0.15, 0.2) is 0 Å². The molecule has 16 heavy (non-hydrogen) atoms. The van der Waals surface area contributed by atoms with Gasteiger partial charge in [-0.25, -0.2) is 0 Å². The zero-order valence-corrected chi connectivity index (χ0v) is 10.5. The molecule has 1 heterocycles. The van der Waals surface area contributed by atoms with Crippen LogP contribution in [0, 0.1) is 12.8 Å². The fraction of sp³-hybridized carbons (Fsp3) is 0.692. The van der Waals surface area contributed by atoms with Crippen LogP contribution in [-0.2, 0) is 6.54 Å². The largest absolute Gasteiger partial charge is 0.465 e. The summed E-state index contributed by atoms with van der Waals surface area (Å²) < 4.78 is 5.53. The van der Waals surface area contributed by atoms with Crippen molar-refractivity contribution in [2.45, 2.75) is 32.4 Å². The molecule has 1 aliphatic carbocycles. The maximum Gasteiger partial charge on any atom is 0.117 e. The topological polar surface area (TPSA) is 28.4 Å². The van der Waals surface area contributed by atoms with E-state index in [9.17, 15) is 0 Å². The molecule has 1 aromatic rings. The molecule has 1 fully saturated rings. The van der Waals surface area contributed by atoms with Gasteiger partial charge in [0.2, 0.25) is 0 Å². The van der Waals surface area contributed by atoms with E-state index in [1.807, 2.05) is 19.1 Å². The van der Waals surface area contributed by atoms with Crippen molar-refractivity contribution in [1.82, 2.24) is 10.2 Å². The number of hydrogen-bond acceptors (Lipinski definition) is 3. The van der Waals surface area contributed by atoms with Crippen molar-refractivity contribution in [3.63, 3.8) is 0 Å². The van der Waals surface area contributed by atoms with Crippen LogP contribution in [0.3, 0.4) is 0 Å². The van der Waals surface area contributed by atoms with Gasteiger partial charge in [-0.1, -0.05) is 0 Å². The van der Waals surface area contributed by atoms with E-state index in [-0.39, 0.29) is 0 Å². The van der Waals surface area contributed by atoms with Crippen LogP contribution in [0.5, 0.6) is 0 Å². The first-order chi connectivity index (χ1) is 7.66. The van der Waals surface area contributed by atoms with Crippen molar-refractivity contribution in [1.29, 1.82) is 0 Å². The van der Waals surface area contributed by atoms with Gasteiger partial charge in [-0.15, -0.1) is 0 Å². The molecule has 0 spiro atoms. The lowest BCUT2D eigenvalue weighted by Gasteiger charge is -2.24. The Morgan fingerprint density at radius 3 is 2.69 bits per heavy atom. The van der Waals surface area contributed by atoms with E-state index in [1.165, 1.54) is 12.8 Å². The molecule has 1 aliphatic rings. The molecule has 1 atom stereocenters. The van der Waals surface area contributed by atoms with Crippen LogP contribution in [0.15, 0.2) is 16.5 Å². The standard InChI is InChI=1S/C13H22N2O/c1-10-4-7-12(16-10)8-14-9-13(15(2)3)11-5-6-11/h4,7,11,13-14H,5-6,8-9H2,1-3H3. The fourth-order valence-corrected chi connectivity index (χ4v) is 2.18. The van der Waals surface area contributed by atoms with Crippen molar-refractivity contribution >= 4 is 0 Å². The molecule has 0 aromatic carbocycles. The minimum Gasteiger partial charge on any atom is -0.465 e. The molecule has 2 rings (SSSR count). The molecule has 0 bridgehead atoms. The van der Waals surface area contributed by atoms with Crippen molar-refractivity contribution in [2.75, 3.05) is 20.6 Å². The highest BCUT2D eigenvalue weighted by molar-refractivity contribution is 5.05. The van der Waals surface area contributed by atoms with E-state index in [2.05, 4.69) is 24.3 Å². The number of nitrogens with zero attached hydrogens (tertiary/aromatic N) is 1. The Bertz CT molecular complexity index is 326. The summed E-state index contributed by atoms with van der Waals surface area (Å²) in [5.74, 6) is 2.93. The van der Waals surface area contributed by atoms with Gasteiger partial charge in [-0.2, -0.15) is 0 Å². The van der Waals surface area contributed by atoms with E-state index in [0.717, 1.165) is 30.5 Å². The third kappa shape index (κ3) is 3.09. The van der Waals surface area contributed by atoms with Crippen LogP contribution >= 0.6 is 0 Å². The molecule has 1 saturated carbocycles. The fourth-order valence-electron chi connectivity index (χ4n) is 2.18. The number of likely N-dealkylation sites (N-methyl/N-ethyl adjacent to an activating group) is 1. The molecular weight excluding hydrogens is 200 g/mol. The van der Waals surface area contributed by atoms with E-state index in [1.54, 1.807) is 0 Å². The van der Waals surface area contributed by atoms with Gasteiger partial charge in [0.25, 0.3) is 0 Å². The Kier molecular flexibility index (Phi) is 3.66. The molecule has 1 aromatic heterocycles. The van der Waals surface area contributed by atoms with Crippen LogP contribution < -0.4 is 5.32 Å². The van der Waals surface area contributed by atoms with Gasteiger partial charge >= 0.3 is 0 Å².